The highest BCUT2D eigenvalue weighted by molar-refractivity contribution is 5.92. The molecule has 23 heavy (non-hydrogen) atoms. The Labute approximate surface area is 133 Å². The predicted molar refractivity (Wildman–Crippen MR) is 85.7 cm³/mol. The van der Waals surface area contributed by atoms with Crippen molar-refractivity contribution in [3.8, 4) is 0 Å². The number of aromatic nitrogens is 4. The lowest BCUT2D eigenvalue weighted by atomic mass is 10.3. The maximum Gasteiger partial charge on any atom is 0.331 e. The van der Waals surface area contributed by atoms with E-state index in [0.717, 1.165) is 26.6 Å². The van der Waals surface area contributed by atoms with Gasteiger partial charge in [0, 0.05) is 32.4 Å². The molecule has 2 aromatic rings. The molecule has 0 saturated carbocycles. The molecule has 0 radical (unpaired) electrons. The van der Waals surface area contributed by atoms with Crippen molar-refractivity contribution in [2.45, 2.75) is 26.8 Å². The summed E-state index contributed by atoms with van der Waals surface area (Å²) in [4.78, 5) is 35.8. The van der Waals surface area contributed by atoms with Gasteiger partial charge in [0.2, 0.25) is 0 Å². The zero-order valence-corrected chi connectivity index (χ0v) is 14.0. The Morgan fingerprint density at radius 2 is 1.87 bits per heavy atom. The number of carbonyl (C=O) groups excluding carboxylic acids is 1. The Hall–Kier alpha value is -2.64. The first-order valence-corrected chi connectivity index (χ1v) is 7.30. The molecule has 2 aromatic heterocycles. The van der Waals surface area contributed by atoms with Crippen LogP contribution in [0.15, 0.2) is 21.7 Å². The minimum absolute atomic E-state index is 0.0404. The zero-order valence-electron chi connectivity index (χ0n) is 14.0. The Morgan fingerprint density at radius 3 is 2.43 bits per heavy atom. The van der Waals surface area contributed by atoms with Crippen LogP contribution in [0.4, 0.5) is 0 Å². The van der Waals surface area contributed by atoms with Crippen molar-refractivity contribution in [3.05, 3.63) is 50.1 Å². The lowest BCUT2D eigenvalue weighted by Crippen LogP contribution is -2.41. The van der Waals surface area contributed by atoms with Gasteiger partial charge in [0.25, 0.3) is 11.5 Å². The summed E-state index contributed by atoms with van der Waals surface area (Å²) in [7, 11) is 2.83. The average molecular weight is 319 g/mol. The predicted octanol–water partition coefficient (Wildman–Crippen LogP) is -0.112. The molecule has 0 bridgehead atoms. The second kappa shape index (κ2) is 6.23. The first kappa shape index (κ1) is 16.7. The van der Waals surface area contributed by atoms with E-state index in [9.17, 15) is 14.4 Å². The van der Waals surface area contributed by atoms with Crippen LogP contribution in [0.5, 0.6) is 0 Å². The largest absolute Gasteiger partial charge is 0.349 e. The maximum absolute atomic E-state index is 12.3. The van der Waals surface area contributed by atoms with Crippen LogP contribution in [-0.2, 0) is 14.1 Å². The summed E-state index contributed by atoms with van der Waals surface area (Å²) in [6, 6.07) is 3.07. The summed E-state index contributed by atoms with van der Waals surface area (Å²) in [5.74, 6) is -0.462. The molecule has 124 valence electrons. The van der Waals surface area contributed by atoms with Crippen LogP contribution >= 0.6 is 0 Å². The van der Waals surface area contributed by atoms with Gasteiger partial charge in [-0.3, -0.25) is 23.4 Å². The highest BCUT2D eigenvalue weighted by Gasteiger charge is 2.15. The molecule has 0 aliphatic rings. The Balaban J connectivity index is 2.16. The molecular weight excluding hydrogens is 298 g/mol. The first-order valence-electron chi connectivity index (χ1n) is 7.30. The molecule has 0 aromatic carbocycles. The number of hydrogen-bond acceptors (Lipinski definition) is 4. The van der Waals surface area contributed by atoms with Gasteiger partial charge in [-0.15, -0.1) is 0 Å². The summed E-state index contributed by atoms with van der Waals surface area (Å²) in [5.41, 5.74) is 0.914. The highest BCUT2D eigenvalue weighted by atomic mass is 16.2. The minimum atomic E-state index is -0.533. The average Bonchev–Trinajstić information content (AvgIpc) is 2.84. The van der Waals surface area contributed by atoms with Gasteiger partial charge in [0.15, 0.2) is 0 Å². The van der Waals surface area contributed by atoms with Gasteiger partial charge in [-0.1, -0.05) is 0 Å². The lowest BCUT2D eigenvalue weighted by molar-refractivity contribution is 0.0937. The van der Waals surface area contributed by atoms with Gasteiger partial charge in [-0.2, -0.15) is 5.10 Å². The monoisotopic (exact) mass is 319 g/mol. The maximum atomic E-state index is 12.3. The molecule has 1 unspecified atom stereocenters. The molecule has 2 rings (SSSR count). The second-order valence-corrected chi connectivity index (χ2v) is 5.70. The van der Waals surface area contributed by atoms with E-state index >= 15 is 0 Å². The third-order valence-corrected chi connectivity index (χ3v) is 3.78. The fraction of sp³-hybridized carbons (Fsp3) is 0.467. The van der Waals surface area contributed by atoms with Crippen molar-refractivity contribution in [3.63, 3.8) is 0 Å². The molecule has 1 N–H and O–H groups in total. The molecule has 2 heterocycles. The molecule has 0 aliphatic heterocycles. The Kier molecular flexibility index (Phi) is 4.53. The van der Waals surface area contributed by atoms with Crippen LogP contribution < -0.4 is 16.6 Å². The van der Waals surface area contributed by atoms with E-state index in [1.807, 2.05) is 31.5 Å². The van der Waals surface area contributed by atoms with Crippen molar-refractivity contribution in [1.29, 1.82) is 0 Å². The van der Waals surface area contributed by atoms with Gasteiger partial charge in [-0.25, -0.2) is 4.79 Å². The van der Waals surface area contributed by atoms with Crippen LogP contribution in [0.1, 0.15) is 34.8 Å². The van der Waals surface area contributed by atoms with E-state index in [1.54, 1.807) is 0 Å². The van der Waals surface area contributed by atoms with Crippen LogP contribution in [0, 0.1) is 13.8 Å². The zero-order chi connectivity index (χ0) is 17.3. The van der Waals surface area contributed by atoms with Gasteiger partial charge in [-0.05, 0) is 26.8 Å². The van der Waals surface area contributed by atoms with Crippen LogP contribution in [0.2, 0.25) is 0 Å². The van der Waals surface area contributed by atoms with E-state index < -0.39 is 17.2 Å². The third kappa shape index (κ3) is 3.25. The number of rotatable bonds is 4. The lowest BCUT2D eigenvalue weighted by Gasteiger charge is -2.16. The van der Waals surface area contributed by atoms with Crippen LogP contribution in [-0.4, -0.2) is 31.4 Å². The van der Waals surface area contributed by atoms with E-state index in [0.29, 0.717) is 6.54 Å². The summed E-state index contributed by atoms with van der Waals surface area (Å²) in [6.45, 7) is 6.13. The van der Waals surface area contributed by atoms with Gasteiger partial charge < -0.3 is 5.32 Å². The number of aryl methyl sites for hydroxylation is 2. The number of amides is 1. The number of hydrogen-bond donors (Lipinski definition) is 1. The van der Waals surface area contributed by atoms with E-state index in [1.165, 1.54) is 14.1 Å². The molecule has 1 atom stereocenters. The van der Waals surface area contributed by atoms with Crippen molar-refractivity contribution >= 4 is 5.91 Å². The molecule has 8 heteroatoms. The van der Waals surface area contributed by atoms with Crippen molar-refractivity contribution in [2.75, 3.05) is 6.54 Å². The molecule has 1 amide bonds. The van der Waals surface area contributed by atoms with Gasteiger partial charge in [0.05, 0.1) is 11.7 Å². The SMILES string of the molecule is Cc1cc(C)n(C(C)CNC(=O)c2cc(=O)n(C)c(=O)n2C)n1. The standard InChI is InChI=1S/C15H21N5O3/c1-9-6-10(2)20(17-9)11(3)8-16-14(22)12-7-13(21)19(5)15(23)18(12)4/h6-7,11H,8H2,1-5H3,(H,16,22). The Morgan fingerprint density at radius 1 is 1.22 bits per heavy atom. The molecule has 0 spiro atoms. The smallest absolute Gasteiger partial charge is 0.331 e. The first-order chi connectivity index (χ1) is 10.7. The van der Waals surface area contributed by atoms with E-state index in [-0.39, 0.29) is 11.7 Å². The summed E-state index contributed by atoms with van der Waals surface area (Å²) < 4.78 is 3.94. The van der Waals surface area contributed by atoms with Crippen molar-refractivity contribution in [1.82, 2.24) is 24.2 Å². The van der Waals surface area contributed by atoms with Gasteiger partial charge >= 0.3 is 5.69 Å². The number of nitrogens with zero attached hydrogens (tertiary/aromatic N) is 4. The second-order valence-electron chi connectivity index (χ2n) is 5.70. The quantitative estimate of drug-likeness (QED) is 0.851. The normalized spacial score (nSPS) is 12.2. The van der Waals surface area contributed by atoms with Crippen molar-refractivity contribution in [2.24, 2.45) is 14.1 Å². The van der Waals surface area contributed by atoms with Gasteiger partial charge in [0.1, 0.15) is 5.69 Å². The Bertz CT molecular complexity index is 859. The number of nitrogens with one attached hydrogen (secondary N) is 1. The van der Waals surface area contributed by atoms with Crippen LogP contribution in [0.25, 0.3) is 0 Å². The third-order valence-electron chi connectivity index (χ3n) is 3.78. The van der Waals surface area contributed by atoms with E-state index in [4.69, 9.17) is 0 Å². The fourth-order valence-corrected chi connectivity index (χ4v) is 2.46. The van der Waals surface area contributed by atoms with Crippen LogP contribution in [0.3, 0.4) is 0 Å². The summed E-state index contributed by atoms with van der Waals surface area (Å²) in [6.07, 6.45) is 0. The van der Waals surface area contributed by atoms with E-state index in [2.05, 4.69) is 10.4 Å². The molecule has 0 aliphatic carbocycles. The number of carbonyl (C=O) groups is 1. The minimum Gasteiger partial charge on any atom is -0.349 e. The highest BCUT2D eigenvalue weighted by Crippen LogP contribution is 2.09. The summed E-state index contributed by atoms with van der Waals surface area (Å²) in [5, 5.41) is 7.12. The molecule has 8 nitrogen and oxygen atoms in total. The molecule has 0 saturated heterocycles. The topological polar surface area (TPSA) is 90.9 Å². The fourth-order valence-electron chi connectivity index (χ4n) is 2.46. The van der Waals surface area contributed by atoms with Crippen molar-refractivity contribution < 1.29 is 4.79 Å². The molecule has 0 fully saturated rings. The molecular formula is C15H21N5O3. The summed E-state index contributed by atoms with van der Waals surface area (Å²) >= 11 is 0.